The molecule has 0 saturated carbocycles. The third-order valence-electron chi connectivity index (χ3n) is 1.79. The first kappa shape index (κ1) is 8.79. The van der Waals surface area contributed by atoms with Gasteiger partial charge in [0.1, 0.15) is 0 Å². The van der Waals surface area contributed by atoms with Gasteiger partial charge in [0.25, 0.3) is 0 Å². The lowest BCUT2D eigenvalue weighted by molar-refractivity contribution is 1.48. The van der Waals surface area contributed by atoms with Crippen molar-refractivity contribution in [1.29, 1.82) is 0 Å². The number of rotatable bonds is 2. The van der Waals surface area contributed by atoms with Crippen LogP contribution in [-0.2, 0) is 0 Å². The van der Waals surface area contributed by atoms with E-state index in [1.807, 2.05) is 25.1 Å². The summed E-state index contributed by atoms with van der Waals surface area (Å²) in [6, 6.07) is 10.3. The third kappa shape index (κ3) is 2.75. The predicted molar refractivity (Wildman–Crippen MR) is 54.9 cm³/mol. The fourth-order valence-electron chi connectivity index (χ4n) is 0.888. The van der Waals surface area contributed by atoms with Gasteiger partial charge in [-0.15, -0.1) is 0 Å². The summed E-state index contributed by atoms with van der Waals surface area (Å²) in [5.74, 6) is 0. The van der Waals surface area contributed by atoms with Crippen molar-refractivity contribution in [2.75, 3.05) is 0 Å². The average Bonchev–Trinajstić information content (AvgIpc) is 2.16. The van der Waals surface area contributed by atoms with E-state index in [0.29, 0.717) is 0 Å². The van der Waals surface area contributed by atoms with E-state index in [-0.39, 0.29) is 0 Å². The lowest BCUT2D eigenvalue weighted by Gasteiger charge is -1.91. The van der Waals surface area contributed by atoms with Crippen LogP contribution in [0, 0.1) is 0 Å². The second kappa shape index (κ2) is 4.55. The molecular weight excluding hydrogens is 144 g/mol. The van der Waals surface area contributed by atoms with E-state index >= 15 is 0 Å². The summed E-state index contributed by atoms with van der Waals surface area (Å²) in [5, 5.41) is 0. The number of allylic oxidation sites excluding steroid dienone is 3. The third-order valence-corrected chi connectivity index (χ3v) is 1.79. The highest BCUT2D eigenvalue weighted by Crippen LogP contribution is 2.03. The highest BCUT2D eigenvalue weighted by atomic mass is 13.9. The Kier molecular flexibility index (Phi) is 3.34. The molecule has 0 heteroatoms. The maximum atomic E-state index is 2.12. The molecule has 62 valence electrons. The maximum Gasteiger partial charge on any atom is -0.0257 e. The Morgan fingerprint density at radius 1 is 1.17 bits per heavy atom. The van der Waals surface area contributed by atoms with Gasteiger partial charge in [0, 0.05) is 0 Å². The van der Waals surface area contributed by atoms with Gasteiger partial charge in [-0.3, -0.25) is 0 Å². The van der Waals surface area contributed by atoms with Crippen molar-refractivity contribution in [3.8, 4) is 0 Å². The molecule has 12 heavy (non-hydrogen) atoms. The molecule has 0 unspecified atom stereocenters. The SMILES string of the molecule is CC=C(C)C=Cc1ccccc1. The molecule has 0 atom stereocenters. The van der Waals surface area contributed by atoms with Gasteiger partial charge in [-0.25, -0.2) is 0 Å². The monoisotopic (exact) mass is 158 g/mol. The van der Waals surface area contributed by atoms with Gasteiger partial charge in [-0.05, 0) is 19.4 Å². The van der Waals surface area contributed by atoms with Crippen LogP contribution in [0.15, 0.2) is 48.1 Å². The Hall–Kier alpha value is -1.30. The standard InChI is InChI=1S/C12H14/c1-3-11(2)9-10-12-7-5-4-6-8-12/h3-10H,1-2H3. The zero-order valence-electron chi connectivity index (χ0n) is 7.62. The zero-order valence-corrected chi connectivity index (χ0v) is 7.62. The van der Waals surface area contributed by atoms with Crippen LogP contribution in [0.25, 0.3) is 6.08 Å². The Labute approximate surface area is 74.2 Å². The van der Waals surface area contributed by atoms with Crippen LogP contribution < -0.4 is 0 Å². The smallest absolute Gasteiger partial charge is 0.0257 e. The Morgan fingerprint density at radius 3 is 2.42 bits per heavy atom. The summed E-state index contributed by atoms with van der Waals surface area (Å²) < 4.78 is 0. The minimum atomic E-state index is 1.25. The molecule has 1 rings (SSSR count). The molecule has 0 nitrogen and oxygen atoms in total. The average molecular weight is 158 g/mol. The molecule has 0 bridgehead atoms. The molecule has 0 fully saturated rings. The fraction of sp³-hybridized carbons (Fsp3) is 0.167. The van der Waals surface area contributed by atoms with Crippen LogP contribution >= 0.6 is 0 Å². The van der Waals surface area contributed by atoms with Gasteiger partial charge in [-0.2, -0.15) is 0 Å². The number of hydrogen-bond donors (Lipinski definition) is 0. The molecular formula is C12H14. The van der Waals surface area contributed by atoms with Crippen LogP contribution in [0.4, 0.5) is 0 Å². The summed E-state index contributed by atoms with van der Waals surface area (Å²) in [7, 11) is 0. The van der Waals surface area contributed by atoms with Crippen LogP contribution in [-0.4, -0.2) is 0 Å². The molecule has 0 aliphatic heterocycles. The molecule has 0 radical (unpaired) electrons. The normalized spacial score (nSPS) is 12.3. The Bertz CT molecular complexity index is 278. The highest BCUT2D eigenvalue weighted by molar-refractivity contribution is 5.52. The molecule has 1 aromatic carbocycles. The second-order valence-electron chi connectivity index (χ2n) is 2.78. The van der Waals surface area contributed by atoms with E-state index in [9.17, 15) is 0 Å². The summed E-state index contributed by atoms with van der Waals surface area (Å²) in [6.45, 7) is 4.14. The highest BCUT2D eigenvalue weighted by Gasteiger charge is 1.82. The minimum absolute atomic E-state index is 1.25. The van der Waals surface area contributed by atoms with E-state index in [4.69, 9.17) is 0 Å². The van der Waals surface area contributed by atoms with Crippen LogP contribution in [0.2, 0.25) is 0 Å². The van der Waals surface area contributed by atoms with Crippen molar-refractivity contribution in [2.24, 2.45) is 0 Å². The van der Waals surface area contributed by atoms with Crippen LogP contribution in [0.1, 0.15) is 19.4 Å². The largest absolute Gasteiger partial charge is 0.0847 e. The van der Waals surface area contributed by atoms with Gasteiger partial charge >= 0.3 is 0 Å². The Balaban J connectivity index is 2.70. The topological polar surface area (TPSA) is 0 Å². The molecule has 0 spiro atoms. The van der Waals surface area contributed by atoms with Crippen molar-refractivity contribution in [3.63, 3.8) is 0 Å². The maximum absolute atomic E-state index is 2.12. The summed E-state index contributed by atoms with van der Waals surface area (Å²) >= 11 is 0. The molecule has 0 aliphatic carbocycles. The van der Waals surface area contributed by atoms with Crippen molar-refractivity contribution in [3.05, 3.63) is 53.6 Å². The minimum Gasteiger partial charge on any atom is -0.0847 e. The first-order valence-corrected chi connectivity index (χ1v) is 4.19. The molecule has 0 saturated heterocycles. The van der Waals surface area contributed by atoms with Crippen LogP contribution in [0.3, 0.4) is 0 Å². The number of hydrogen-bond acceptors (Lipinski definition) is 0. The van der Waals surface area contributed by atoms with E-state index in [2.05, 4.69) is 37.3 Å². The summed E-state index contributed by atoms with van der Waals surface area (Å²) in [4.78, 5) is 0. The molecule has 0 heterocycles. The Morgan fingerprint density at radius 2 is 1.83 bits per heavy atom. The fourth-order valence-corrected chi connectivity index (χ4v) is 0.888. The van der Waals surface area contributed by atoms with E-state index in [1.54, 1.807) is 0 Å². The van der Waals surface area contributed by atoms with E-state index in [0.717, 1.165) is 0 Å². The molecule has 1 aromatic rings. The van der Waals surface area contributed by atoms with Crippen LogP contribution in [0.5, 0.6) is 0 Å². The van der Waals surface area contributed by atoms with Gasteiger partial charge in [0.05, 0.1) is 0 Å². The molecule has 0 aliphatic rings. The van der Waals surface area contributed by atoms with Crippen molar-refractivity contribution in [2.45, 2.75) is 13.8 Å². The van der Waals surface area contributed by atoms with Crippen molar-refractivity contribution in [1.82, 2.24) is 0 Å². The first-order chi connectivity index (χ1) is 5.83. The zero-order chi connectivity index (χ0) is 8.81. The lowest BCUT2D eigenvalue weighted by Crippen LogP contribution is -1.69. The lowest BCUT2D eigenvalue weighted by atomic mass is 10.2. The summed E-state index contributed by atoms with van der Waals surface area (Å²) in [6.07, 6.45) is 6.34. The molecule has 0 N–H and O–H groups in total. The quantitative estimate of drug-likeness (QED) is 0.576. The van der Waals surface area contributed by atoms with Gasteiger partial charge in [0.15, 0.2) is 0 Å². The van der Waals surface area contributed by atoms with E-state index in [1.165, 1.54) is 11.1 Å². The first-order valence-electron chi connectivity index (χ1n) is 4.19. The molecule has 0 aromatic heterocycles. The van der Waals surface area contributed by atoms with Crippen molar-refractivity contribution >= 4 is 6.08 Å². The molecule has 0 amide bonds. The van der Waals surface area contributed by atoms with Gasteiger partial charge in [-0.1, -0.05) is 54.1 Å². The van der Waals surface area contributed by atoms with E-state index < -0.39 is 0 Å². The second-order valence-corrected chi connectivity index (χ2v) is 2.78. The van der Waals surface area contributed by atoms with Crippen molar-refractivity contribution < 1.29 is 0 Å². The number of benzene rings is 1. The predicted octanol–water partition coefficient (Wildman–Crippen LogP) is 3.67. The van der Waals surface area contributed by atoms with Gasteiger partial charge in [0.2, 0.25) is 0 Å². The summed E-state index contributed by atoms with van der Waals surface area (Å²) in [5.41, 5.74) is 2.54. The van der Waals surface area contributed by atoms with Gasteiger partial charge < -0.3 is 0 Å².